The molecule has 5 nitrogen and oxygen atoms in total. The van der Waals surface area contributed by atoms with Crippen LogP contribution in [0, 0.1) is 5.82 Å². The van der Waals surface area contributed by atoms with E-state index in [0.29, 0.717) is 42.1 Å². The average molecular weight is 390 g/mol. The van der Waals surface area contributed by atoms with Gasteiger partial charge in [0.05, 0.1) is 17.0 Å². The van der Waals surface area contributed by atoms with E-state index < -0.39 is 0 Å². The Morgan fingerprint density at radius 3 is 2.63 bits per heavy atom. The van der Waals surface area contributed by atoms with E-state index in [0.717, 1.165) is 0 Å². The Balaban J connectivity index is 1.86. The van der Waals surface area contributed by atoms with E-state index in [1.165, 1.54) is 17.8 Å². The zero-order chi connectivity index (χ0) is 19.5. The third-order valence-corrected chi connectivity index (χ3v) is 4.69. The van der Waals surface area contributed by atoms with Crippen molar-refractivity contribution in [2.45, 2.75) is 12.2 Å². The van der Waals surface area contributed by atoms with Crippen LogP contribution in [-0.2, 0) is 15.3 Å². The van der Waals surface area contributed by atoms with E-state index in [-0.39, 0.29) is 23.4 Å². The summed E-state index contributed by atoms with van der Waals surface area (Å²) >= 11 is 1.31. The summed E-state index contributed by atoms with van der Waals surface area (Å²) in [5.41, 5.74) is 1.42. The summed E-state index contributed by atoms with van der Waals surface area (Å²) in [5.74, 6) is -0.197. The molecule has 27 heavy (non-hydrogen) atoms. The molecule has 0 saturated carbocycles. The van der Waals surface area contributed by atoms with Crippen LogP contribution in [0.3, 0.4) is 0 Å². The fourth-order valence-electron chi connectivity index (χ4n) is 2.36. The molecule has 144 valence electrons. The Labute approximate surface area is 162 Å². The summed E-state index contributed by atoms with van der Waals surface area (Å²) in [5, 5.41) is 5.56. The SMILES string of the molecule is COCCCNC(=O)c1ccccc1NC(=O)CSCc1ccccc1F. The smallest absolute Gasteiger partial charge is 0.253 e. The van der Waals surface area contributed by atoms with Gasteiger partial charge in [0, 0.05) is 26.0 Å². The molecule has 0 radical (unpaired) electrons. The van der Waals surface area contributed by atoms with Crippen LogP contribution >= 0.6 is 11.8 Å². The van der Waals surface area contributed by atoms with Crippen LogP contribution in [0.15, 0.2) is 48.5 Å². The number of ether oxygens (including phenoxy) is 1. The number of carbonyl (C=O) groups excluding carboxylic acids is 2. The van der Waals surface area contributed by atoms with Gasteiger partial charge in [-0.05, 0) is 30.2 Å². The van der Waals surface area contributed by atoms with Gasteiger partial charge in [-0.1, -0.05) is 30.3 Å². The predicted octanol–water partition coefficient (Wildman–Crippen LogP) is 3.46. The number of methoxy groups -OCH3 is 1. The van der Waals surface area contributed by atoms with Crippen molar-refractivity contribution in [1.82, 2.24) is 5.32 Å². The number of anilines is 1. The van der Waals surface area contributed by atoms with E-state index >= 15 is 0 Å². The van der Waals surface area contributed by atoms with E-state index in [1.54, 1.807) is 49.6 Å². The Bertz CT molecular complexity index is 770. The van der Waals surface area contributed by atoms with Gasteiger partial charge in [0.15, 0.2) is 0 Å². The number of hydrogen-bond acceptors (Lipinski definition) is 4. The zero-order valence-electron chi connectivity index (χ0n) is 15.2. The Kier molecular flexibility index (Phi) is 8.80. The number of rotatable bonds is 10. The van der Waals surface area contributed by atoms with E-state index in [1.807, 2.05) is 0 Å². The lowest BCUT2D eigenvalue weighted by molar-refractivity contribution is -0.113. The van der Waals surface area contributed by atoms with E-state index in [2.05, 4.69) is 10.6 Å². The summed E-state index contributed by atoms with van der Waals surface area (Å²) in [7, 11) is 1.61. The van der Waals surface area contributed by atoms with Gasteiger partial charge in [-0.25, -0.2) is 4.39 Å². The van der Waals surface area contributed by atoms with E-state index in [9.17, 15) is 14.0 Å². The van der Waals surface area contributed by atoms with Crippen molar-refractivity contribution in [1.29, 1.82) is 0 Å². The highest BCUT2D eigenvalue weighted by Crippen LogP contribution is 2.18. The van der Waals surface area contributed by atoms with Gasteiger partial charge in [-0.3, -0.25) is 9.59 Å². The van der Waals surface area contributed by atoms with Crippen molar-refractivity contribution in [3.63, 3.8) is 0 Å². The third-order valence-electron chi connectivity index (χ3n) is 3.71. The van der Waals surface area contributed by atoms with Crippen LogP contribution < -0.4 is 10.6 Å². The first kappa shape index (κ1) is 20.9. The molecular weight excluding hydrogens is 367 g/mol. The van der Waals surface area contributed by atoms with Crippen LogP contribution in [0.5, 0.6) is 0 Å². The maximum absolute atomic E-state index is 13.6. The molecule has 0 spiro atoms. The molecule has 2 N–H and O–H groups in total. The average Bonchev–Trinajstić information content (AvgIpc) is 2.67. The molecule has 0 unspecified atom stereocenters. The number of nitrogens with one attached hydrogen (secondary N) is 2. The van der Waals surface area contributed by atoms with Gasteiger partial charge in [0.1, 0.15) is 5.82 Å². The fourth-order valence-corrected chi connectivity index (χ4v) is 3.17. The summed E-state index contributed by atoms with van der Waals surface area (Å²) in [6, 6.07) is 13.3. The van der Waals surface area contributed by atoms with Gasteiger partial charge in [0.2, 0.25) is 5.91 Å². The normalized spacial score (nSPS) is 10.4. The Morgan fingerprint density at radius 2 is 1.85 bits per heavy atom. The molecular formula is C20H23FN2O3S. The monoisotopic (exact) mass is 390 g/mol. The van der Waals surface area contributed by atoms with Gasteiger partial charge in [-0.2, -0.15) is 0 Å². The fraction of sp³-hybridized carbons (Fsp3) is 0.300. The summed E-state index contributed by atoms with van der Waals surface area (Å²) < 4.78 is 18.5. The second-order valence-electron chi connectivity index (χ2n) is 5.78. The highest BCUT2D eigenvalue weighted by atomic mass is 32.2. The topological polar surface area (TPSA) is 67.4 Å². The molecule has 0 saturated heterocycles. The highest BCUT2D eigenvalue weighted by Gasteiger charge is 2.13. The Hall–Kier alpha value is -2.38. The second kappa shape index (κ2) is 11.4. The third kappa shape index (κ3) is 7.03. The number of para-hydroxylation sites is 1. The van der Waals surface area contributed by atoms with Crippen molar-refractivity contribution >= 4 is 29.3 Å². The minimum absolute atomic E-state index is 0.165. The van der Waals surface area contributed by atoms with Gasteiger partial charge in [0.25, 0.3) is 5.91 Å². The molecule has 0 aromatic heterocycles. The molecule has 2 aromatic rings. The molecule has 0 fully saturated rings. The summed E-state index contributed by atoms with van der Waals surface area (Å²) in [6.07, 6.45) is 0.712. The first-order chi connectivity index (χ1) is 13.1. The number of amides is 2. The van der Waals surface area contributed by atoms with Crippen LogP contribution in [0.25, 0.3) is 0 Å². The molecule has 0 heterocycles. The van der Waals surface area contributed by atoms with Crippen molar-refractivity contribution < 1.29 is 18.7 Å². The molecule has 0 aliphatic carbocycles. The van der Waals surface area contributed by atoms with Crippen LogP contribution in [-0.4, -0.2) is 37.8 Å². The van der Waals surface area contributed by atoms with Gasteiger partial charge < -0.3 is 15.4 Å². The minimum atomic E-state index is -0.277. The Morgan fingerprint density at radius 1 is 1.11 bits per heavy atom. The zero-order valence-corrected chi connectivity index (χ0v) is 16.0. The lowest BCUT2D eigenvalue weighted by Crippen LogP contribution is -2.27. The predicted molar refractivity (Wildman–Crippen MR) is 106 cm³/mol. The molecule has 2 rings (SSSR count). The molecule has 2 amide bonds. The first-order valence-corrected chi connectivity index (χ1v) is 9.74. The van der Waals surface area contributed by atoms with E-state index in [4.69, 9.17) is 4.74 Å². The molecule has 7 heteroatoms. The lowest BCUT2D eigenvalue weighted by Gasteiger charge is -2.11. The molecule has 0 atom stereocenters. The molecule has 0 aliphatic heterocycles. The van der Waals surface area contributed by atoms with Gasteiger partial charge in [-0.15, -0.1) is 11.8 Å². The van der Waals surface area contributed by atoms with Crippen LogP contribution in [0.4, 0.5) is 10.1 Å². The largest absolute Gasteiger partial charge is 0.385 e. The van der Waals surface area contributed by atoms with Crippen molar-refractivity contribution in [3.8, 4) is 0 Å². The van der Waals surface area contributed by atoms with Crippen molar-refractivity contribution in [3.05, 3.63) is 65.5 Å². The maximum Gasteiger partial charge on any atom is 0.253 e. The number of thioether (sulfide) groups is 1. The quantitative estimate of drug-likeness (QED) is 0.610. The van der Waals surface area contributed by atoms with Crippen molar-refractivity contribution in [2.75, 3.05) is 31.3 Å². The molecule has 2 aromatic carbocycles. The standard InChI is InChI=1S/C20H23FN2O3S/c1-26-12-6-11-22-20(25)16-8-3-5-10-18(16)23-19(24)14-27-13-15-7-2-4-9-17(15)21/h2-5,7-10H,6,11-14H2,1H3,(H,22,25)(H,23,24). The number of benzene rings is 2. The maximum atomic E-state index is 13.6. The number of carbonyl (C=O) groups is 2. The summed E-state index contributed by atoms with van der Waals surface area (Å²) in [4.78, 5) is 24.5. The summed E-state index contributed by atoms with van der Waals surface area (Å²) in [6.45, 7) is 1.06. The van der Waals surface area contributed by atoms with Crippen molar-refractivity contribution in [2.24, 2.45) is 0 Å². The van der Waals surface area contributed by atoms with Crippen LogP contribution in [0.2, 0.25) is 0 Å². The molecule has 0 bridgehead atoms. The minimum Gasteiger partial charge on any atom is -0.385 e. The molecule has 0 aliphatic rings. The first-order valence-electron chi connectivity index (χ1n) is 8.59. The van der Waals surface area contributed by atoms with Crippen LogP contribution in [0.1, 0.15) is 22.3 Å². The number of hydrogen-bond donors (Lipinski definition) is 2. The van der Waals surface area contributed by atoms with Gasteiger partial charge >= 0.3 is 0 Å². The second-order valence-corrected chi connectivity index (χ2v) is 6.77. The lowest BCUT2D eigenvalue weighted by atomic mass is 10.1. The number of halogens is 1. The highest BCUT2D eigenvalue weighted by molar-refractivity contribution is 7.99.